The molecule has 100 valence electrons. The van der Waals surface area contributed by atoms with Crippen molar-refractivity contribution in [3.8, 4) is 0 Å². The van der Waals surface area contributed by atoms with Crippen molar-refractivity contribution >= 4 is 50.1 Å². The highest BCUT2D eigenvalue weighted by atomic mass is 79.9. The molecule has 0 atom stereocenters. The number of nitrogens with one attached hydrogen (secondary N) is 1. The summed E-state index contributed by atoms with van der Waals surface area (Å²) in [5, 5.41) is 20.3. The van der Waals surface area contributed by atoms with Crippen molar-refractivity contribution in [3.05, 3.63) is 34.3 Å². The normalized spacial score (nSPS) is 10.4. The number of thioether (sulfide) groups is 1. The second kappa shape index (κ2) is 6.88. The van der Waals surface area contributed by atoms with Gasteiger partial charge in [-0.1, -0.05) is 51.2 Å². The van der Waals surface area contributed by atoms with Gasteiger partial charge in [0.25, 0.3) is 0 Å². The molecule has 0 aliphatic heterocycles. The summed E-state index contributed by atoms with van der Waals surface area (Å²) in [4.78, 5) is 10.4. The fourth-order valence-corrected chi connectivity index (χ4v) is 3.20. The van der Waals surface area contributed by atoms with Gasteiger partial charge in [0, 0.05) is 11.0 Å². The fourth-order valence-electron chi connectivity index (χ4n) is 1.29. The zero-order valence-electron chi connectivity index (χ0n) is 9.67. The minimum absolute atomic E-state index is 0.000263. The molecule has 1 heterocycles. The van der Waals surface area contributed by atoms with Crippen LogP contribution in [0.2, 0.25) is 0 Å². The summed E-state index contributed by atoms with van der Waals surface area (Å²) in [6.45, 7) is 0.650. The van der Waals surface area contributed by atoms with Crippen LogP contribution in [0, 0.1) is 0 Å². The highest BCUT2D eigenvalue weighted by Gasteiger charge is 2.06. The first-order chi connectivity index (χ1) is 9.13. The fraction of sp³-hybridized carbons (Fsp3) is 0.182. The van der Waals surface area contributed by atoms with Crippen molar-refractivity contribution in [2.75, 3.05) is 11.1 Å². The molecule has 0 spiro atoms. The van der Waals surface area contributed by atoms with E-state index in [2.05, 4.69) is 31.4 Å². The van der Waals surface area contributed by atoms with Gasteiger partial charge in [0.2, 0.25) is 5.13 Å². The first-order valence-corrected chi connectivity index (χ1v) is 7.89. The van der Waals surface area contributed by atoms with Gasteiger partial charge in [-0.2, -0.15) is 0 Å². The van der Waals surface area contributed by atoms with Crippen molar-refractivity contribution in [3.63, 3.8) is 0 Å². The average molecular weight is 360 g/mol. The molecule has 0 unspecified atom stereocenters. The standard InChI is InChI=1S/C11H10BrN3O2S2/c12-8-3-1-2-7(4-8)5-13-10-14-15-11(19-10)18-6-9(16)17/h1-4H,5-6H2,(H,13,14)(H,16,17). The van der Waals surface area contributed by atoms with Crippen LogP contribution in [0.3, 0.4) is 0 Å². The summed E-state index contributed by atoms with van der Waals surface area (Å²) >= 11 is 5.94. The SMILES string of the molecule is O=C(O)CSc1nnc(NCc2cccc(Br)c2)s1. The second-order valence-corrected chi connectivity index (χ2v) is 6.65. The first kappa shape index (κ1) is 14.3. The molecule has 0 aliphatic rings. The quantitative estimate of drug-likeness (QED) is 0.771. The number of carbonyl (C=O) groups is 1. The molecule has 19 heavy (non-hydrogen) atoms. The highest BCUT2D eigenvalue weighted by molar-refractivity contribution is 9.10. The molecule has 0 amide bonds. The average Bonchev–Trinajstić information content (AvgIpc) is 2.82. The van der Waals surface area contributed by atoms with Gasteiger partial charge in [0.05, 0.1) is 5.75 Å². The lowest BCUT2D eigenvalue weighted by Crippen LogP contribution is -1.98. The Kier molecular flexibility index (Phi) is 5.17. The van der Waals surface area contributed by atoms with Gasteiger partial charge >= 0.3 is 5.97 Å². The van der Waals surface area contributed by atoms with Crippen molar-refractivity contribution in [1.29, 1.82) is 0 Å². The summed E-state index contributed by atoms with van der Waals surface area (Å²) < 4.78 is 1.68. The number of rotatable bonds is 6. The Hall–Kier alpha value is -1.12. The van der Waals surface area contributed by atoms with Crippen LogP contribution in [0.1, 0.15) is 5.56 Å². The van der Waals surface area contributed by atoms with E-state index >= 15 is 0 Å². The van der Waals surface area contributed by atoms with E-state index in [-0.39, 0.29) is 5.75 Å². The van der Waals surface area contributed by atoms with E-state index in [0.717, 1.165) is 10.0 Å². The molecular formula is C11H10BrN3O2S2. The number of carboxylic acid groups (broad SMARTS) is 1. The topological polar surface area (TPSA) is 75.1 Å². The van der Waals surface area contributed by atoms with Gasteiger partial charge in [0.15, 0.2) is 4.34 Å². The van der Waals surface area contributed by atoms with Crippen LogP contribution in [0.15, 0.2) is 33.1 Å². The third-order valence-corrected chi connectivity index (χ3v) is 4.55. The number of benzene rings is 1. The summed E-state index contributed by atoms with van der Waals surface area (Å²) in [6.07, 6.45) is 0. The molecule has 0 saturated heterocycles. The highest BCUT2D eigenvalue weighted by Crippen LogP contribution is 2.25. The summed E-state index contributed by atoms with van der Waals surface area (Å²) in [7, 11) is 0. The lowest BCUT2D eigenvalue weighted by Gasteiger charge is -2.02. The molecule has 0 saturated carbocycles. The number of nitrogens with zero attached hydrogens (tertiary/aromatic N) is 2. The summed E-state index contributed by atoms with van der Waals surface area (Å²) in [5.74, 6) is -0.857. The van der Waals surface area contributed by atoms with Crippen LogP contribution < -0.4 is 5.32 Å². The van der Waals surface area contributed by atoms with Gasteiger partial charge in [-0.25, -0.2) is 0 Å². The molecule has 1 aromatic carbocycles. The monoisotopic (exact) mass is 359 g/mol. The maximum Gasteiger partial charge on any atom is 0.313 e. The van der Waals surface area contributed by atoms with Gasteiger partial charge in [-0.05, 0) is 17.7 Å². The molecule has 2 aromatic rings. The van der Waals surface area contributed by atoms with E-state index < -0.39 is 5.97 Å². The third kappa shape index (κ3) is 4.81. The largest absolute Gasteiger partial charge is 0.481 e. The Balaban J connectivity index is 1.88. The number of aromatic nitrogens is 2. The molecule has 8 heteroatoms. The van der Waals surface area contributed by atoms with Crippen molar-refractivity contribution in [1.82, 2.24) is 10.2 Å². The van der Waals surface area contributed by atoms with Crippen LogP contribution in [0.5, 0.6) is 0 Å². The van der Waals surface area contributed by atoms with E-state index in [4.69, 9.17) is 5.11 Å². The lowest BCUT2D eigenvalue weighted by atomic mass is 10.2. The van der Waals surface area contributed by atoms with Crippen molar-refractivity contribution in [2.45, 2.75) is 10.9 Å². The van der Waals surface area contributed by atoms with Crippen LogP contribution in [0.4, 0.5) is 5.13 Å². The van der Waals surface area contributed by atoms with Crippen LogP contribution in [-0.4, -0.2) is 27.0 Å². The molecular weight excluding hydrogens is 350 g/mol. The Bertz CT molecular complexity index is 577. The number of carboxylic acids is 1. The molecule has 0 radical (unpaired) electrons. The summed E-state index contributed by atoms with van der Waals surface area (Å²) in [6, 6.07) is 7.97. The van der Waals surface area contributed by atoms with E-state index in [1.54, 1.807) is 0 Å². The van der Waals surface area contributed by atoms with E-state index in [1.807, 2.05) is 24.3 Å². The minimum Gasteiger partial charge on any atom is -0.481 e. The predicted octanol–water partition coefficient (Wildman–Crippen LogP) is 3.09. The molecule has 0 bridgehead atoms. The third-order valence-electron chi connectivity index (χ3n) is 2.06. The van der Waals surface area contributed by atoms with Gasteiger partial charge < -0.3 is 10.4 Å². The molecule has 2 rings (SSSR count). The molecule has 2 N–H and O–H groups in total. The summed E-state index contributed by atoms with van der Waals surface area (Å²) in [5.41, 5.74) is 1.13. The Morgan fingerprint density at radius 3 is 3.05 bits per heavy atom. The predicted molar refractivity (Wildman–Crippen MR) is 79.7 cm³/mol. The number of aliphatic carboxylic acids is 1. The van der Waals surface area contributed by atoms with Gasteiger partial charge in [0.1, 0.15) is 0 Å². The maximum absolute atomic E-state index is 10.4. The second-order valence-electron chi connectivity index (χ2n) is 3.54. The van der Waals surface area contributed by atoms with Gasteiger partial charge in [-0.15, -0.1) is 10.2 Å². The zero-order chi connectivity index (χ0) is 13.7. The van der Waals surface area contributed by atoms with Crippen LogP contribution in [-0.2, 0) is 11.3 Å². The number of halogens is 1. The van der Waals surface area contributed by atoms with E-state index in [0.29, 0.717) is 16.0 Å². The first-order valence-electron chi connectivity index (χ1n) is 5.30. The zero-order valence-corrected chi connectivity index (χ0v) is 12.9. The number of hydrogen-bond acceptors (Lipinski definition) is 6. The maximum atomic E-state index is 10.4. The number of anilines is 1. The Morgan fingerprint density at radius 1 is 1.47 bits per heavy atom. The van der Waals surface area contributed by atoms with Crippen molar-refractivity contribution < 1.29 is 9.90 Å². The van der Waals surface area contributed by atoms with Crippen LogP contribution in [0.25, 0.3) is 0 Å². The Labute approximate surface area is 126 Å². The van der Waals surface area contributed by atoms with Crippen LogP contribution >= 0.6 is 39.0 Å². The minimum atomic E-state index is -0.858. The smallest absolute Gasteiger partial charge is 0.313 e. The van der Waals surface area contributed by atoms with E-state index in [1.165, 1.54) is 23.1 Å². The lowest BCUT2D eigenvalue weighted by molar-refractivity contribution is -0.133. The molecule has 0 fully saturated rings. The molecule has 0 aliphatic carbocycles. The van der Waals surface area contributed by atoms with Crippen molar-refractivity contribution in [2.24, 2.45) is 0 Å². The van der Waals surface area contributed by atoms with E-state index in [9.17, 15) is 4.79 Å². The number of hydrogen-bond donors (Lipinski definition) is 2. The molecule has 1 aromatic heterocycles. The molecule has 5 nitrogen and oxygen atoms in total. The Morgan fingerprint density at radius 2 is 2.32 bits per heavy atom. The van der Waals surface area contributed by atoms with Gasteiger partial charge in [-0.3, -0.25) is 4.79 Å².